The Labute approximate surface area is 163 Å². The highest BCUT2D eigenvalue weighted by Crippen LogP contribution is 2.31. The van der Waals surface area contributed by atoms with Crippen LogP contribution in [0.25, 0.3) is 5.69 Å². The van der Waals surface area contributed by atoms with Crippen LogP contribution in [0.5, 0.6) is 11.5 Å². The van der Waals surface area contributed by atoms with Crippen molar-refractivity contribution < 1.29 is 14.3 Å². The fraction of sp³-hybridized carbons (Fsp3) is 0.300. The van der Waals surface area contributed by atoms with Gasteiger partial charge in [-0.15, -0.1) is 5.10 Å². The molecule has 28 heavy (non-hydrogen) atoms. The monoisotopic (exact) mass is 381 g/mol. The van der Waals surface area contributed by atoms with E-state index in [4.69, 9.17) is 9.47 Å². The second kappa shape index (κ2) is 9.50. The van der Waals surface area contributed by atoms with E-state index in [1.807, 2.05) is 19.9 Å². The number of hydrogen-bond acceptors (Lipinski definition) is 6. The van der Waals surface area contributed by atoms with E-state index in [0.29, 0.717) is 36.0 Å². The summed E-state index contributed by atoms with van der Waals surface area (Å²) in [6.07, 6.45) is 3.29. The molecule has 8 heteroatoms. The number of rotatable bonds is 9. The molecule has 0 aliphatic heterocycles. The van der Waals surface area contributed by atoms with E-state index < -0.39 is 0 Å². The molecule has 0 radical (unpaired) electrons. The Bertz CT molecular complexity index is 895. The lowest BCUT2D eigenvalue weighted by Gasteiger charge is -2.14. The lowest BCUT2D eigenvalue weighted by molar-refractivity contribution is 0.102. The number of amides is 1. The number of carbonyl (C=O) groups is 1. The van der Waals surface area contributed by atoms with Crippen LogP contribution in [0.1, 0.15) is 37.0 Å². The first kappa shape index (κ1) is 19.3. The van der Waals surface area contributed by atoms with Crippen molar-refractivity contribution in [3.63, 3.8) is 0 Å². The lowest BCUT2D eigenvalue weighted by Crippen LogP contribution is -2.12. The Kier molecular flexibility index (Phi) is 6.56. The molecule has 0 aliphatic rings. The van der Waals surface area contributed by atoms with Crippen LogP contribution in [0.15, 0.2) is 48.8 Å². The number of ether oxygens (including phenoxy) is 2. The molecule has 1 aromatic heterocycles. The maximum absolute atomic E-state index is 12.6. The van der Waals surface area contributed by atoms with E-state index in [-0.39, 0.29) is 5.91 Å². The normalized spacial score (nSPS) is 10.5. The fourth-order valence-corrected chi connectivity index (χ4v) is 2.49. The predicted molar refractivity (Wildman–Crippen MR) is 105 cm³/mol. The molecule has 2 aromatic carbocycles. The van der Waals surface area contributed by atoms with E-state index in [1.165, 1.54) is 11.0 Å². The van der Waals surface area contributed by atoms with Gasteiger partial charge in [0.15, 0.2) is 11.5 Å². The van der Waals surface area contributed by atoms with Crippen LogP contribution in [0.4, 0.5) is 5.69 Å². The van der Waals surface area contributed by atoms with Gasteiger partial charge in [0.2, 0.25) is 0 Å². The summed E-state index contributed by atoms with van der Waals surface area (Å²) in [5, 5.41) is 13.9. The van der Waals surface area contributed by atoms with Crippen molar-refractivity contribution in [1.29, 1.82) is 0 Å². The van der Waals surface area contributed by atoms with Gasteiger partial charge in [-0.2, -0.15) is 0 Å². The summed E-state index contributed by atoms with van der Waals surface area (Å²) in [7, 11) is 0. The number of nitrogens with one attached hydrogen (secondary N) is 1. The molecular formula is C20H23N5O3. The van der Waals surface area contributed by atoms with Gasteiger partial charge in [0, 0.05) is 17.3 Å². The van der Waals surface area contributed by atoms with Crippen molar-refractivity contribution in [2.75, 3.05) is 18.5 Å². The minimum atomic E-state index is -0.216. The summed E-state index contributed by atoms with van der Waals surface area (Å²) >= 11 is 0. The molecule has 1 amide bonds. The average molecular weight is 381 g/mol. The first-order chi connectivity index (χ1) is 13.7. The molecule has 3 aromatic rings. The molecule has 1 N–H and O–H groups in total. The van der Waals surface area contributed by atoms with Gasteiger partial charge in [-0.3, -0.25) is 4.79 Å². The van der Waals surface area contributed by atoms with Gasteiger partial charge in [-0.25, -0.2) is 4.68 Å². The quantitative estimate of drug-likeness (QED) is 0.610. The number of carbonyl (C=O) groups excluding carboxylic acids is 1. The smallest absolute Gasteiger partial charge is 0.255 e. The molecule has 0 bridgehead atoms. The average Bonchev–Trinajstić information content (AvgIpc) is 3.26. The molecule has 0 spiro atoms. The Morgan fingerprint density at radius 3 is 2.36 bits per heavy atom. The first-order valence-corrected chi connectivity index (χ1v) is 9.25. The lowest BCUT2D eigenvalue weighted by atomic mass is 10.2. The van der Waals surface area contributed by atoms with Gasteiger partial charge < -0.3 is 14.8 Å². The van der Waals surface area contributed by atoms with Crippen LogP contribution < -0.4 is 14.8 Å². The predicted octanol–water partition coefficient (Wildman–Crippen LogP) is 3.49. The standard InChI is InChI=1S/C20H23N5O3/c1-3-11-27-18-10-7-16(13-19(18)28-12-4-2)22-20(26)15-5-8-17(9-6-15)25-14-21-23-24-25/h5-10,13-14H,3-4,11-12H2,1-2H3,(H,22,26). The van der Waals surface area contributed by atoms with Gasteiger partial charge >= 0.3 is 0 Å². The number of anilines is 1. The molecule has 146 valence electrons. The molecule has 8 nitrogen and oxygen atoms in total. The molecule has 0 saturated heterocycles. The van der Waals surface area contributed by atoms with E-state index in [9.17, 15) is 4.79 Å². The van der Waals surface area contributed by atoms with Crippen LogP contribution in [0, 0.1) is 0 Å². The molecule has 1 heterocycles. The van der Waals surface area contributed by atoms with Crippen molar-refractivity contribution >= 4 is 11.6 Å². The zero-order valence-corrected chi connectivity index (χ0v) is 16.0. The van der Waals surface area contributed by atoms with Gasteiger partial charge in [-0.05, 0) is 59.7 Å². The van der Waals surface area contributed by atoms with Gasteiger partial charge in [0.05, 0.1) is 18.9 Å². The Hall–Kier alpha value is -3.42. The minimum absolute atomic E-state index is 0.216. The molecule has 0 atom stereocenters. The first-order valence-electron chi connectivity index (χ1n) is 9.25. The summed E-state index contributed by atoms with van der Waals surface area (Å²) in [6, 6.07) is 12.4. The maximum Gasteiger partial charge on any atom is 0.255 e. The molecule has 0 aliphatic carbocycles. The summed E-state index contributed by atoms with van der Waals surface area (Å²) < 4.78 is 13.0. The largest absolute Gasteiger partial charge is 0.490 e. The zero-order valence-electron chi connectivity index (χ0n) is 16.0. The van der Waals surface area contributed by atoms with Crippen molar-refractivity contribution in [1.82, 2.24) is 20.2 Å². The molecule has 0 unspecified atom stereocenters. The number of hydrogen-bond donors (Lipinski definition) is 1. The van der Waals surface area contributed by atoms with E-state index in [1.54, 1.807) is 36.4 Å². The molecular weight excluding hydrogens is 358 g/mol. The van der Waals surface area contributed by atoms with E-state index in [0.717, 1.165) is 18.5 Å². The summed E-state index contributed by atoms with van der Waals surface area (Å²) in [5.41, 5.74) is 1.94. The summed E-state index contributed by atoms with van der Waals surface area (Å²) in [6.45, 7) is 5.28. The van der Waals surface area contributed by atoms with Crippen LogP contribution in [0.3, 0.4) is 0 Å². The number of tetrazole rings is 1. The van der Waals surface area contributed by atoms with E-state index >= 15 is 0 Å². The van der Waals surface area contributed by atoms with Crippen LogP contribution in [-0.4, -0.2) is 39.3 Å². The SMILES string of the molecule is CCCOc1ccc(NC(=O)c2ccc(-n3cnnn3)cc2)cc1OCCC. The third kappa shape index (κ3) is 4.85. The summed E-state index contributed by atoms with van der Waals surface area (Å²) in [4.78, 5) is 12.6. The highest BCUT2D eigenvalue weighted by atomic mass is 16.5. The number of aromatic nitrogens is 4. The minimum Gasteiger partial charge on any atom is -0.490 e. The van der Waals surface area contributed by atoms with Crippen LogP contribution in [-0.2, 0) is 0 Å². The van der Waals surface area contributed by atoms with Crippen LogP contribution in [0.2, 0.25) is 0 Å². The van der Waals surface area contributed by atoms with Gasteiger partial charge in [0.1, 0.15) is 6.33 Å². The Morgan fingerprint density at radius 1 is 1.00 bits per heavy atom. The number of nitrogens with zero attached hydrogens (tertiary/aromatic N) is 4. The van der Waals surface area contributed by atoms with Crippen molar-refractivity contribution in [2.24, 2.45) is 0 Å². The highest BCUT2D eigenvalue weighted by Gasteiger charge is 2.11. The van der Waals surface area contributed by atoms with Crippen molar-refractivity contribution in [3.05, 3.63) is 54.4 Å². The third-order valence-electron chi connectivity index (χ3n) is 3.87. The zero-order chi connectivity index (χ0) is 19.8. The Balaban J connectivity index is 1.72. The van der Waals surface area contributed by atoms with E-state index in [2.05, 4.69) is 20.8 Å². The second-order valence-electron chi connectivity index (χ2n) is 6.11. The fourth-order valence-electron chi connectivity index (χ4n) is 2.49. The number of benzene rings is 2. The van der Waals surface area contributed by atoms with Crippen molar-refractivity contribution in [3.8, 4) is 17.2 Å². The maximum atomic E-state index is 12.6. The van der Waals surface area contributed by atoms with Crippen molar-refractivity contribution in [2.45, 2.75) is 26.7 Å². The highest BCUT2D eigenvalue weighted by molar-refractivity contribution is 6.04. The molecule has 0 saturated carbocycles. The third-order valence-corrected chi connectivity index (χ3v) is 3.87. The Morgan fingerprint density at radius 2 is 1.71 bits per heavy atom. The van der Waals surface area contributed by atoms with Crippen LogP contribution >= 0.6 is 0 Å². The summed E-state index contributed by atoms with van der Waals surface area (Å²) in [5.74, 6) is 1.09. The van der Waals surface area contributed by atoms with Gasteiger partial charge in [-0.1, -0.05) is 13.8 Å². The van der Waals surface area contributed by atoms with Gasteiger partial charge in [0.25, 0.3) is 5.91 Å². The second-order valence-corrected chi connectivity index (χ2v) is 6.11. The topological polar surface area (TPSA) is 91.2 Å². The molecule has 3 rings (SSSR count). The molecule has 0 fully saturated rings.